The second-order valence-corrected chi connectivity index (χ2v) is 12.7. The molecule has 0 bridgehead atoms. The normalized spacial score (nSPS) is 23.6. The number of benzene rings is 2. The molecule has 2 aromatic rings. The van der Waals surface area contributed by atoms with Crippen molar-refractivity contribution in [3.05, 3.63) is 53.8 Å². The lowest BCUT2D eigenvalue weighted by Crippen LogP contribution is -2.51. The second kappa shape index (κ2) is 12.1. The summed E-state index contributed by atoms with van der Waals surface area (Å²) in [5.74, 6) is 0.437. The number of halogens is 4. The Morgan fingerprint density at radius 3 is 2.34 bits per heavy atom. The third kappa shape index (κ3) is 7.12. The highest BCUT2D eigenvalue weighted by Gasteiger charge is 2.46. The zero-order valence-electron chi connectivity index (χ0n) is 22.4. The smallest absolute Gasteiger partial charge is 0.488 e. The van der Waals surface area contributed by atoms with Crippen LogP contribution >= 0.6 is 0 Å². The molecule has 3 aliphatic rings. The van der Waals surface area contributed by atoms with E-state index in [-0.39, 0.29) is 36.6 Å². The molecule has 1 saturated heterocycles. The molecule has 1 atom stereocenters. The van der Waals surface area contributed by atoms with Crippen molar-refractivity contribution in [2.75, 3.05) is 44.6 Å². The standard InChI is InChI=1S/C28H33F4N3O5S/c29-20-1-10-26-19(15-20)16-24(40-26)17-34-11-13-35(14-12-34)27(36)18-39-23-6-2-21(3-7-23)33-22-4-8-25(9-5-22)41(37,38)28(30,31)32/h1,4-5,8-10,15,21,23-24,33H,2-3,6-7,11-14,16-18H2/t21-,23-,24?. The molecule has 224 valence electrons. The summed E-state index contributed by atoms with van der Waals surface area (Å²) in [6.45, 7) is 3.42. The van der Waals surface area contributed by atoms with Gasteiger partial charge in [-0.15, -0.1) is 0 Å². The summed E-state index contributed by atoms with van der Waals surface area (Å²) in [6.07, 6.45) is 3.56. The molecule has 1 unspecified atom stereocenters. The van der Waals surface area contributed by atoms with Crippen LogP contribution in [0, 0.1) is 5.82 Å². The van der Waals surface area contributed by atoms with Crippen molar-refractivity contribution >= 4 is 21.4 Å². The summed E-state index contributed by atoms with van der Waals surface area (Å²) in [6, 6.07) is 9.24. The average Bonchev–Trinajstić information content (AvgIpc) is 3.34. The third-order valence-corrected chi connectivity index (χ3v) is 9.41. The first-order valence-corrected chi connectivity index (χ1v) is 15.2. The molecule has 0 spiro atoms. The molecule has 5 rings (SSSR count). The van der Waals surface area contributed by atoms with Crippen LogP contribution in [0.5, 0.6) is 5.75 Å². The van der Waals surface area contributed by atoms with Gasteiger partial charge in [0.1, 0.15) is 24.3 Å². The number of amides is 1. The number of nitrogens with zero attached hydrogens (tertiary/aromatic N) is 2. The fourth-order valence-electron chi connectivity index (χ4n) is 5.61. The lowest BCUT2D eigenvalue weighted by molar-refractivity contribution is -0.140. The van der Waals surface area contributed by atoms with E-state index < -0.39 is 20.2 Å². The monoisotopic (exact) mass is 599 g/mol. The minimum absolute atomic E-state index is 0.0184. The molecule has 2 fully saturated rings. The van der Waals surface area contributed by atoms with Gasteiger partial charge in [-0.25, -0.2) is 12.8 Å². The molecule has 1 amide bonds. The third-order valence-electron chi connectivity index (χ3n) is 7.91. The van der Waals surface area contributed by atoms with Crippen LogP contribution in [0.3, 0.4) is 0 Å². The number of alkyl halides is 3. The van der Waals surface area contributed by atoms with Crippen molar-refractivity contribution in [2.24, 2.45) is 0 Å². The van der Waals surface area contributed by atoms with Crippen LogP contribution in [0.4, 0.5) is 23.2 Å². The maximum absolute atomic E-state index is 13.5. The highest BCUT2D eigenvalue weighted by atomic mass is 32.2. The number of piperazine rings is 1. The molecule has 0 radical (unpaired) electrons. The van der Waals surface area contributed by atoms with Crippen molar-refractivity contribution in [1.29, 1.82) is 0 Å². The molecule has 13 heteroatoms. The number of carbonyl (C=O) groups excluding carboxylic acids is 1. The average molecular weight is 600 g/mol. The van der Waals surface area contributed by atoms with E-state index in [0.717, 1.165) is 68.8 Å². The van der Waals surface area contributed by atoms with E-state index in [9.17, 15) is 30.8 Å². The Balaban J connectivity index is 0.982. The number of sulfone groups is 1. The Bertz CT molecular complexity index is 1320. The van der Waals surface area contributed by atoms with Crippen molar-refractivity contribution in [3.63, 3.8) is 0 Å². The van der Waals surface area contributed by atoms with Gasteiger partial charge < -0.3 is 19.7 Å². The van der Waals surface area contributed by atoms with Gasteiger partial charge in [-0.2, -0.15) is 13.2 Å². The lowest BCUT2D eigenvalue weighted by Gasteiger charge is -2.36. The highest BCUT2D eigenvalue weighted by Crippen LogP contribution is 2.32. The van der Waals surface area contributed by atoms with Gasteiger partial charge in [0.2, 0.25) is 5.91 Å². The van der Waals surface area contributed by atoms with Gasteiger partial charge in [0.05, 0.1) is 11.0 Å². The van der Waals surface area contributed by atoms with Crippen LogP contribution in [0.25, 0.3) is 0 Å². The van der Waals surface area contributed by atoms with E-state index in [4.69, 9.17) is 9.47 Å². The minimum Gasteiger partial charge on any atom is -0.488 e. The highest BCUT2D eigenvalue weighted by molar-refractivity contribution is 7.92. The Labute approximate surface area is 236 Å². The number of hydrogen-bond donors (Lipinski definition) is 1. The largest absolute Gasteiger partial charge is 0.501 e. The lowest BCUT2D eigenvalue weighted by atomic mass is 9.93. The van der Waals surface area contributed by atoms with Gasteiger partial charge in [0.15, 0.2) is 0 Å². The van der Waals surface area contributed by atoms with Crippen molar-refractivity contribution in [2.45, 2.75) is 60.8 Å². The van der Waals surface area contributed by atoms with Crippen LogP contribution in [0.15, 0.2) is 47.4 Å². The molecular formula is C28H33F4N3O5S. The van der Waals surface area contributed by atoms with Gasteiger partial charge in [0.25, 0.3) is 9.84 Å². The summed E-state index contributed by atoms with van der Waals surface area (Å²) in [5, 5.41) is 3.24. The molecule has 0 aromatic heterocycles. The number of rotatable bonds is 8. The quantitative estimate of drug-likeness (QED) is 0.459. The predicted molar refractivity (Wildman–Crippen MR) is 143 cm³/mol. The molecule has 41 heavy (non-hydrogen) atoms. The first kappa shape index (κ1) is 29.6. The van der Waals surface area contributed by atoms with E-state index in [2.05, 4.69) is 10.2 Å². The summed E-state index contributed by atoms with van der Waals surface area (Å²) in [7, 11) is -5.37. The van der Waals surface area contributed by atoms with Crippen LogP contribution < -0.4 is 10.1 Å². The maximum Gasteiger partial charge on any atom is 0.501 e. The van der Waals surface area contributed by atoms with Gasteiger partial charge in [0, 0.05) is 56.4 Å². The van der Waals surface area contributed by atoms with Gasteiger partial charge >= 0.3 is 5.51 Å². The van der Waals surface area contributed by atoms with Crippen molar-refractivity contribution in [1.82, 2.24) is 9.80 Å². The van der Waals surface area contributed by atoms with E-state index in [1.54, 1.807) is 6.07 Å². The fourth-order valence-corrected chi connectivity index (χ4v) is 6.37. The summed E-state index contributed by atoms with van der Waals surface area (Å²) in [5.41, 5.74) is -3.90. The van der Waals surface area contributed by atoms with Crippen LogP contribution in [-0.4, -0.2) is 87.2 Å². The van der Waals surface area contributed by atoms with Gasteiger partial charge in [-0.3, -0.25) is 9.69 Å². The van der Waals surface area contributed by atoms with Crippen molar-refractivity contribution < 1.29 is 40.2 Å². The number of nitrogens with one attached hydrogen (secondary N) is 1. The zero-order chi connectivity index (χ0) is 29.2. The van der Waals surface area contributed by atoms with E-state index in [0.29, 0.717) is 25.2 Å². The Hall–Kier alpha value is -2.90. The van der Waals surface area contributed by atoms with Crippen molar-refractivity contribution in [3.8, 4) is 5.75 Å². The first-order chi connectivity index (χ1) is 19.5. The molecule has 2 aromatic carbocycles. The molecule has 2 heterocycles. The van der Waals surface area contributed by atoms with E-state index in [1.165, 1.54) is 24.3 Å². The molecule has 2 aliphatic heterocycles. The molecule has 8 nitrogen and oxygen atoms in total. The zero-order valence-corrected chi connectivity index (χ0v) is 23.2. The van der Waals surface area contributed by atoms with Gasteiger partial charge in [-0.1, -0.05) is 0 Å². The number of anilines is 1. The molecule has 1 N–H and O–H groups in total. The van der Waals surface area contributed by atoms with E-state index in [1.807, 2.05) is 4.90 Å². The Morgan fingerprint density at radius 2 is 1.68 bits per heavy atom. The molecule has 1 saturated carbocycles. The Morgan fingerprint density at radius 1 is 1.00 bits per heavy atom. The number of hydrogen-bond acceptors (Lipinski definition) is 7. The Kier molecular flexibility index (Phi) is 8.76. The summed E-state index contributed by atoms with van der Waals surface area (Å²) in [4.78, 5) is 16.0. The molecule has 1 aliphatic carbocycles. The first-order valence-electron chi connectivity index (χ1n) is 13.7. The number of fused-ring (bicyclic) bond motifs is 1. The van der Waals surface area contributed by atoms with Crippen LogP contribution in [-0.2, 0) is 25.8 Å². The van der Waals surface area contributed by atoms with Crippen LogP contribution in [0.1, 0.15) is 31.2 Å². The van der Waals surface area contributed by atoms with Gasteiger partial charge in [-0.05, 0) is 68.1 Å². The number of carbonyl (C=O) groups is 1. The predicted octanol–water partition coefficient (Wildman–Crippen LogP) is 4.01. The SMILES string of the molecule is O=C(CO[C@H]1CC[C@H](Nc2ccc(S(=O)(=O)C(F)(F)F)cc2)CC1)N1CCN(CC2Cc3cc(F)ccc3O2)CC1. The maximum atomic E-state index is 13.5. The second-order valence-electron chi connectivity index (χ2n) is 10.8. The number of ether oxygens (including phenoxy) is 2. The van der Waals surface area contributed by atoms with Crippen LogP contribution in [0.2, 0.25) is 0 Å². The van der Waals surface area contributed by atoms with E-state index >= 15 is 0 Å². The summed E-state index contributed by atoms with van der Waals surface area (Å²) >= 11 is 0. The topological polar surface area (TPSA) is 88.2 Å². The minimum atomic E-state index is -5.37. The fraction of sp³-hybridized carbons (Fsp3) is 0.536. The summed E-state index contributed by atoms with van der Waals surface area (Å²) < 4.78 is 86.5. The molecular weight excluding hydrogens is 566 g/mol.